The Bertz CT molecular complexity index is 686. The molecule has 0 unspecified atom stereocenters. The van der Waals surface area contributed by atoms with E-state index in [0.717, 1.165) is 31.2 Å². The Hall–Kier alpha value is -1.92. The van der Waals surface area contributed by atoms with Gasteiger partial charge in [-0.1, -0.05) is 49.6 Å². The summed E-state index contributed by atoms with van der Waals surface area (Å²) in [4.78, 5) is 28.1. The Morgan fingerprint density at radius 2 is 1.69 bits per heavy atom. The Morgan fingerprint density at radius 1 is 1.03 bits per heavy atom. The number of hydrogen-bond donors (Lipinski definition) is 1. The van der Waals surface area contributed by atoms with Crippen molar-refractivity contribution < 1.29 is 19.1 Å². The zero-order chi connectivity index (χ0) is 20.1. The second-order valence-corrected chi connectivity index (χ2v) is 8.52. The van der Waals surface area contributed by atoms with Gasteiger partial charge in [-0.3, -0.25) is 9.59 Å². The third-order valence-corrected chi connectivity index (χ3v) is 6.52. The smallest absolute Gasteiger partial charge is 0.245 e. The van der Waals surface area contributed by atoms with E-state index in [-0.39, 0.29) is 17.7 Å². The van der Waals surface area contributed by atoms with Gasteiger partial charge in [0.25, 0.3) is 0 Å². The van der Waals surface area contributed by atoms with Crippen molar-refractivity contribution in [2.24, 2.45) is 5.92 Å². The minimum absolute atomic E-state index is 0.00543. The van der Waals surface area contributed by atoms with E-state index < -0.39 is 11.8 Å². The van der Waals surface area contributed by atoms with Gasteiger partial charge >= 0.3 is 0 Å². The topological polar surface area (TPSA) is 67.9 Å². The van der Waals surface area contributed by atoms with E-state index in [4.69, 9.17) is 9.47 Å². The van der Waals surface area contributed by atoms with Gasteiger partial charge in [-0.15, -0.1) is 0 Å². The van der Waals surface area contributed by atoms with Crippen molar-refractivity contribution in [3.05, 3.63) is 35.9 Å². The van der Waals surface area contributed by atoms with Gasteiger partial charge in [0.2, 0.25) is 11.8 Å². The summed E-state index contributed by atoms with van der Waals surface area (Å²) in [6.45, 7) is 2.46. The molecule has 3 aliphatic rings. The van der Waals surface area contributed by atoms with E-state index in [9.17, 15) is 9.59 Å². The number of rotatable bonds is 5. The number of ether oxygens (including phenoxy) is 2. The highest BCUT2D eigenvalue weighted by Gasteiger charge is 2.42. The number of likely N-dealkylation sites (tertiary alicyclic amines) is 1. The van der Waals surface area contributed by atoms with Crippen LogP contribution in [0.25, 0.3) is 0 Å². The van der Waals surface area contributed by atoms with Crippen LogP contribution in [0, 0.1) is 5.92 Å². The van der Waals surface area contributed by atoms with E-state index in [1.54, 1.807) is 0 Å². The molecule has 0 aromatic heterocycles. The summed E-state index contributed by atoms with van der Waals surface area (Å²) in [6, 6.07) is 9.41. The fraction of sp³-hybridized carbons (Fsp3) is 0.652. The molecule has 1 saturated carbocycles. The lowest BCUT2D eigenvalue weighted by Gasteiger charge is -2.39. The zero-order valence-electron chi connectivity index (χ0n) is 17.1. The van der Waals surface area contributed by atoms with Gasteiger partial charge in [0, 0.05) is 38.3 Å². The van der Waals surface area contributed by atoms with E-state index in [1.807, 2.05) is 35.2 Å². The Morgan fingerprint density at radius 3 is 2.34 bits per heavy atom. The molecule has 1 aromatic rings. The van der Waals surface area contributed by atoms with Crippen molar-refractivity contribution in [3.8, 4) is 0 Å². The van der Waals surface area contributed by atoms with Gasteiger partial charge in [0.15, 0.2) is 5.79 Å². The van der Waals surface area contributed by atoms with Crippen LogP contribution in [0.2, 0.25) is 0 Å². The second-order valence-electron chi connectivity index (χ2n) is 8.52. The molecular weight excluding hydrogens is 368 g/mol. The highest BCUT2D eigenvalue weighted by molar-refractivity contribution is 5.89. The molecule has 0 radical (unpaired) electrons. The lowest BCUT2D eigenvalue weighted by atomic mass is 9.88. The number of nitrogens with one attached hydrogen (secondary N) is 1. The first-order valence-corrected chi connectivity index (χ1v) is 11.1. The molecule has 158 valence electrons. The van der Waals surface area contributed by atoms with Crippen molar-refractivity contribution in [2.75, 3.05) is 26.3 Å². The average molecular weight is 401 g/mol. The molecule has 29 heavy (non-hydrogen) atoms. The summed E-state index contributed by atoms with van der Waals surface area (Å²) in [6.07, 6.45) is 7.16. The largest absolute Gasteiger partial charge is 0.347 e. The van der Waals surface area contributed by atoms with Crippen molar-refractivity contribution >= 4 is 11.8 Å². The number of amides is 2. The molecule has 1 atom stereocenters. The van der Waals surface area contributed by atoms with Crippen LogP contribution in [0.3, 0.4) is 0 Å². The monoisotopic (exact) mass is 400 g/mol. The molecule has 2 amide bonds. The first-order chi connectivity index (χ1) is 14.2. The highest BCUT2D eigenvalue weighted by atomic mass is 16.7. The van der Waals surface area contributed by atoms with Crippen LogP contribution in [0.4, 0.5) is 0 Å². The van der Waals surface area contributed by atoms with Gasteiger partial charge in [-0.25, -0.2) is 0 Å². The van der Waals surface area contributed by atoms with Crippen molar-refractivity contribution in [3.63, 3.8) is 0 Å². The fourth-order valence-corrected chi connectivity index (χ4v) is 4.78. The third kappa shape index (κ3) is 4.98. The van der Waals surface area contributed by atoms with Crippen LogP contribution >= 0.6 is 0 Å². The fourth-order valence-electron chi connectivity index (χ4n) is 4.78. The Labute approximate surface area is 172 Å². The van der Waals surface area contributed by atoms with Gasteiger partial charge in [0.1, 0.15) is 6.04 Å². The van der Waals surface area contributed by atoms with Crippen LogP contribution in [0.5, 0.6) is 0 Å². The van der Waals surface area contributed by atoms with Crippen LogP contribution in [0.15, 0.2) is 30.3 Å². The predicted octanol–water partition coefficient (Wildman–Crippen LogP) is 2.66. The maximum absolute atomic E-state index is 13.4. The zero-order valence-corrected chi connectivity index (χ0v) is 17.1. The molecule has 6 nitrogen and oxygen atoms in total. The first kappa shape index (κ1) is 20.4. The molecule has 1 aliphatic carbocycles. The molecule has 1 spiro atoms. The molecule has 2 aliphatic heterocycles. The van der Waals surface area contributed by atoms with Crippen molar-refractivity contribution in [2.45, 2.75) is 63.2 Å². The molecular formula is C23H32N2O4. The maximum Gasteiger partial charge on any atom is 0.245 e. The van der Waals surface area contributed by atoms with Gasteiger partial charge in [-0.05, 0) is 18.4 Å². The van der Waals surface area contributed by atoms with Crippen LogP contribution < -0.4 is 5.32 Å². The summed E-state index contributed by atoms with van der Waals surface area (Å²) in [5, 5.41) is 3.10. The molecule has 0 bridgehead atoms. The summed E-state index contributed by atoms with van der Waals surface area (Å²) in [5.41, 5.74) is 1.06. The summed E-state index contributed by atoms with van der Waals surface area (Å²) in [5.74, 6) is -0.419. The van der Waals surface area contributed by atoms with E-state index in [1.165, 1.54) is 6.42 Å². The summed E-state index contributed by atoms with van der Waals surface area (Å²) >= 11 is 0. The average Bonchev–Trinajstić information content (AvgIpc) is 3.22. The first-order valence-electron chi connectivity index (χ1n) is 11.1. The van der Waals surface area contributed by atoms with Gasteiger partial charge in [0.05, 0.1) is 13.2 Å². The number of carbonyl (C=O) groups is 2. The number of piperidine rings is 1. The highest BCUT2D eigenvalue weighted by Crippen LogP contribution is 2.31. The third-order valence-electron chi connectivity index (χ3n) is 6.52. The van der Waals surface area contributed by atoms with Crippen LogP contribution in [0.1, 0.15) is 50.5 Å². The molecule has 1 N–H and O–H groups in total. The summed E-state index contributed by atoms with van der Waals surface area (Å²) in [7, 11) is 0. The summed E-state index contributed by atoms with van der Waals surface area (Å²) < 4.78 is 11.6. The number of benzene rings is 1. The maximum atomic E-state index is 13.4. The molecule has 3 fully saturated rings. The van der Waals surface area contributed by atoms with Gasteiger partial charge in [-0.2, -0.15) is 0 Å². The molecule has 2 saturated heterocycles. The standard InChI is InChI=1S/C23H32N2O4/c26-21(19-9-5-2-6-10-19)24-20(17-18-7-3-1-4-8-18)22(27)25-13-11-23(12-14-25)28-15-16-29-23/h1,3-4,7-8,19-20H,2,5-6,9-17H2,(H,24,26)/t20-/m0/s1. The SMILES string of the molecule is O=C(N[C@@H](Cc1ccccc1)C(=O)N1CCC2(CC1)OCCO2)C1CCCCC1. The quantitative estimate of drug-likeness (QED) is 0.825. The van der Waals surface area contributed by atoms with E-state index in [2.05, 4.69) is 5.32 Å². The number of carbonyl (C=O) groups excluding carboxylic acids is 2. The molecule has 6 heteroatoms. The Kier molecular flexibility index (Phi) is 6.50. The molecule has 1 aromatic carbocycles. The van der Waals surface area contributed by atoms with E-state index >= 15 is 0 Å². The lowest BCUT2D eigenvalue weighted by Crippen LogP contribution is -2.55. The number of nitrogens with zero attached hydrogens (tertiary/aromatic N) is 1. The van der Waals surface area contributed by atoms with Crippen molar-refractivity contribution in [1.29, 1.82) is 0 Å². The molecule has 4 rings (SSSR count). The number of hydrogen-bond acceptors (Lipinski definition) is 4. The second kappa shape index (κ2) is 9.26. The normalized spacial score (nSPS) is 23.1. The predicted molar refractivity (Wildman–Crippen MR) is 109 cm³/mol. The minimum Gasteiger partial charge on any atom is -0.347 e. The van der Waals surface area contributed by atoms with Crippen molar-refractivity contribution in [1.82, 2.24) is 10.2 Å². The lowest BCUT2D eigenvalue weighted by molar-refractivity contribution is -0.188. The van der Waals surface area contributed by atoms with E-state index in [0.29, 0.717) is 45.6 Å². The Balaban J connectivity index is 1.42. The molecule has 2 heterocycles. The van der Waals surface area contributed by atoms with Crippen LogP contribution in [-0.2, 0) is 25.5 Å². The minimum atomic E-state index is -0.522. The van der Waals surface area contributed by atoms with Crippen LogP contribution in [-0.4, -0.2) is 54.8 Å². The van der Waals surface area contributed by atoms with Gasteiger partial charge < -0.3 is 19.7 Å².